The highest BCUT2D eigenvalue weighted by Crippen LogP contribution is 2.21. The zero-order valence-electron chi connectivity index (χ0n) is 12.2. The van der Waals surface area contributed by atoms with E-state index >= 15 is 0 Å². The third kappa shape index (κ3) is 6.38. The van der Waals surface area contributed by atoms with Crippen LogP contribution in [0.15, 0.2) is 12.7 Å². The molecule has 0 aliphatic heterocycles. The van der Waals surface area contributed by atoms with E-state index in [0.29, 0.717) is 13.0 Å². The van der Waals surface area contributed by atoms with Crippen molar-refractivity contribution in [2.75, 3.05) is 6.61 Å². The van der Waals surface area contributed by atoms with Crippen molar-refractivity contribution in [3.8, 4) is 0 Å². The maximum absolute atomic E-state index is 12.0. The summed E-state index contributed by atoms with van der Waals surface area (Å²) in [6.07, 6.45) is 1.67. The van der Waals surface area contributed by atoms with Gasteiger partial charge < -0.3 is 15.2 Å². The molecule has 19 heavy (non-hydrogen) atoms. The molecular weight excluding hydrogens is 246 g/mol. The number of hydrogen-bond acceptors (Lipinski definition) is 3. The standard InChI is InChI=1S/C14H25NO4/c1-6-7-8-19-11(4)13(18)15-14(5,10(2)3)9-12(16)17/h6,10-11H,1,7-9H2,2-5H3,(H,15,18)(H,16,17). The molecule has 0 aromatic rings. The third-order valence-electron chi connectivity index (χ3n) is 3.26. The van der Waals surface area contributed by atoms with Crippen LogP contribution in [0.1, 0.15) is 40.5 Å². The van der Waals surface area contributed by atoms with E-state index in [2.05, 4.69) is 11.9 Å². The van der Waals surface area contributed by atoms with Crippen molar-refractivity contribution >= 4 is 11.9 Å². The Morgan fingerprint density at radius 3 is 2.42 bits per heavy atom. The van der Waals surface area contributed by atoms with Crippen molar-refractivity contribution in [1.82, 2.24) is 5.32 Å². The predicted octanol–water partition coefficient (Wildman–Crippen LogP) is 1.97. The first-order chi connectivity index (χ1) is 8.73. The van der Waals surface area contributed by atoms with Gasteiger partial charge in [-0.25, -0.2) is 0 Å². The van der Waals surface area contributed by atoms with Gasteiger partial charge in [0.2, 0.25) is 5.91 Å². The minimum atomic E-state index is -0.934. The lowest BCUT2D eigenvalue weighted by molar-refractivity contribution is -0.141. The van der Waals surface area contributed by atoms with Gasteiger partial charge in [0.1, 0.15) is 6.10 Å². The quantitative estimate of drug-likeness (QED) is 0.496. The van der Waals surface area contributed by atoms with Crippen LogP contribution < -0.4 is 5.32 Å². The van der Waals surface area contributed by atoms with Crippen LogP contribution in [0.2, 0.25) is 0 Å². The zero-order chi connectivity index (χ0) is 15.1. The van der Waals surface area contributed by atoms with Gasteiger partial charge in [0, 0.05) is 0 Å². The molecule has 0 fully saturated rings. The maximum atomic E-state index is 12.0. The highest BCUT2D eigenvalue weighted by Gasteiger charge is 2.34. The zero-order valence-corrected chi connectivity index (χ0v) is 12.2. The molecule has 0 rings (SSSR count). The first-order valence-electron chi connectivity index (χ1n) is 6.49. The molecule has 0 spiro atoms. The number of amides is 1. The van der Waals surface area contributed by atoms with Gasteiger partial charge in [-0.3, -0.25) is 9.59 Å². The molecule has 0 aromatic carbocycles. The van der Waals surface area contributed by atoms with Gasteiger partial charge in [0.05, 0.1) is 18.6 Å². The average Bonchev–Trinajstić information content (AvgIpc) is 2.27. The van der Waals surface area contributed by atoms with E-state index in [1.807, 2.05) is 13.8 Å². The summed E-state index contributed by atoms with van der Waals surface area (Å²) in [6.45, 7) is 11.1. The Bertz CT molecular complexity index is 327. The van der Waals surface area contributed by atoms with Crippen molar-refractivity contribution in [1.29, 1.82) is 0 Å². The van der Waals surface area contributed by atoms with E-state index in [0.717, 1.165) is 0 Å². The monoisotopic (exact) mass is 271 g/mol. The van der Waals surface area contributed by atoms with Crippen LogP contribution in [0.4, 0.5) is 0 Å². The van der Waals surface area contributed by atoms with E-state index in [4.69, 9.17) is 9.84 Å². The van der Waals surface area contributed by atoms with Crippen molar-refractivity contribution in [3.63, 3.8) is 0 Å². The topological polar surface area (TPSA) is 75.6 Å². The first kappa shape index (κ1) is 17.6. The first-order valence-corrected chi connectivity index (χ1v) is 6.49. The number of carbonyl (C=O) groups excluding carboxylic acids is 1. The number of carboxylic acid groups (broad SMARTS) is 1. The third-order valence-corrected chi connectivity index (χ3v) is 3.26. The van der Waals surface area contributed by atoms with Crippen LogP contribution in [0.25, 0.3) is 0 Å². The fourth-order valence-corrected chi connectivity index (χ4v) is 1.49. The Balaban J connectivity index is 4.54. The molecule has 0 heterocycles. The molecule has 0 aromatic heterocycles. The molecule has 2 unspecified atom stereocenters. The summed E-state index contributed by atoms with van der Waals surface area (Å²) in [7, 11) is 0. The second-order valence-electron chi connectivity index (χ2n) is 5.22. The van der Waals surface area contributed by atoms with Gasteiger partial charge in [0.15, 0.2) is 0 Å². The molecule has 2 N–H and O–H groups in total. The van der Waals surface area contributed by atoms with E-state index in [1.165, 1.54) is 0 Å². The van der Waals surface area contributed by atoms with Crippen LogP contribution in [0.3, 0.4) is 0 Å². The molecule has 0 saturated heterocycles. The summed E-state index contributed by atoms with van der Waals surface area (Å²) < 4.78 is 5.34. The number of nitrogens with one attached hydrogen (secondary N) is 1. The largest absolute Gasteiger partial charge is 0.481 e. The van der Waals surface area contributed by atoms with Crippen molar-refractivity contribution in [3.05, 3.63) is 12.7 Å². The van der Waals surface area contributed by atoms with Gasteiger partial charge >= 0.3 is 5.97 Å². The smallest absolute Gasteiger partial charge is 0.305 e. The van der Waals surface area contributed by atoms with E-state index < -0.39 is 17.6 Å². The lowest BCUT2D eigenvalue weighted by Crippen LogP contribution is -2.54. The summed E-state index contributed by atoms with van der Waals surface area (Å²) in [5, 5.41) is 11.7. The second kappa shape index (κ2) is 7.94. The number of rotatable bonds is 9. The molecule has 2 atom stereocenters. The number of carboxylic acids is 1. The Kier molecular flexibility index (Phi) is 7.37. The molecule has 0 aliphatic rings. The summed E-state index contributed by atoms with van der Waals surface area (Å²) in [5.74, 6) is -1.22. The fraction of sp³-hybridized carbons (Fsp3) is 0.714. The Labute approximate surface area is 115 Å². The van der Waals surface area contributed by atoms with Crippen LogP contribution in [-0.2, 0) is 14.3 Å². The van der Waals surface area contributed by atoms with E-state index in [9.17, 15) is 9.59 Å². The molecule has 0 bridgehead atoms. The van der Waals surface area contributed by atoms with Crippen molar-refractivity contribution in [2.24, 2.45) is 5.92 Å². The maximum Gasteiger partial charge on any atom is 0.305 e. The van der Waals surface area contributed by atoms with Gasteiger partial charge in [-0.1, -0.05) is 19.9 Å². The molecular formula is C14H25NO4. The van der Waals surface area contributed by atoms with Crippen LogP contribution in [0.5, 0.6) is 0 Å². The van der Waals surface area contributed by atoms with Crippen LogP contribution in [0, 0.1) is 5.92 Å². The van der Waals surface area contributed by atoms with Gasteiger partial charge in [0.25, 0.3) is 0 Å². The average molecular weight is 271 g/mol. The lowest BCUT2D eigenvalue weighted by atomic mass is 9.85. The van der Waals surface area contributed by atoms with Gasteiger partial charge in [-0.05, 0) is 26.2 Å². The number of aliphatic carboxylic acids is 1. The molecule has 1 amide bonds. The fourth-order valence-electron chi connectivity index (χ4n) is 1.49. The van der Waals surface area contributed by atoms with Gasteiger partial charge in [-0.15, -0.1) is 6.58 Å². The minimum absolute atomic E-state index is 0.00734. The van der Waals surface area contributed by atoms with Crippen LogP contribution >= 0.6 is 0 Å². The highest BCUT2D eigenvalue weighted by molar-refractivity contribution is 5.82. The number of ether oxygens (including phenoxy) is 1. The highest BCUT2D eigenvalue weighted by atomic mass is 16.5. The SMILES string of the molecule is C=CCCOC(C)C(=O)NC(C)(CC(=O)O)C(C)C. The normalized spacial score (nSPS) is 15.6. The van der Waals surface area contributed by atoms with Crippen molar-refractivity contribution in [2.45, 2.75) is 52.2 Å². The van der Waals surface area contributed by atoms with Crippen LogP contribution in [-0.4, -0.2) is 35.2 Å². The number of hydrogen-bond donors (Lipinski definition) is 2. The molecule has 0 saturated carbocycles. The second-order valence-corrected chi connectivity index (χ2v) is 5.22. The number of carbonyl (C=O) groups is 2. The molecule has 0 radical (unpaired) electrons. The summed E-state index contributed by atoms with van der Waals surface area (Å²) in [6, 6.07) is 0. The molecule has 0 aliphatic carbocycles. The summed E-state index contributed by atoms with van der Waals surface area (Å²) in [5.41, 5.74) is -0.779. The Morgan fingerprint density at radius 2 is 2.00 bits per heavy atom. The molecule has 5 heteroatoms. The van der Waals surface area contributed by atoms with E-state index in [1.54, 1.807) is 19.9 Å². The Hall–Kier alpha value is -1.36. The van der Waals surface area contributed by atoms with Gasteiger partial charge in [-0.2, -0.15) is 0 Å². The summed E-state index contributed by atoms with van der Waals surface area (Å²) in [4.78, 5) is 22.9. The molecule has 5 nitrogen and oxygen atoms in total. The Morgan fingerprint density at radius 1 is 1.42 bits per heavy atom. The van der Waals surface area contributed by atoms with Crippen molar-refractivity contribution < 1.29 is 19.4 Å². The molecule has 110 valence electrons. The summed E-state index contributed by atoms with van der Waals surface area (Å²) >= 11 is 0. The lowest BCUT2D eigenvalue weighted by Gasteiger charge is -2.34. The minimum Gasteiger partial charge on any atom is -0.481 e. The predicted molar refractivity (Wildman–Crippen MR) is 73.9 cm³/mol. The van der Waals surface area contributed by atoms with E-state index in [-0.39, 0.29) is 18.2 Å².